The Hall–Kier alpha value is -3.33. The van der Waals surface area contributed by atoms with Gasteiger partial charge in [0.2, 0.25) is 5.91 Å². The minimum Gasteiger partial charge on any atom is -0.378 e. The van der Waals surface area contributed by atoms with Crippen molar-refractivity contribution in [2.24, 2.45) is 0 Å². The first-order chi connectivity index (χ1) is 16.0. The van der Waals surface area contributed by atoms with Gasteiger partial charge in [-0.25, -0.2) is 9.67 Å². The maximum atomic E-state index is 13.4. The first-order valence-corrected chi connectivity index (χ1v) is 11.4. The number of amides is 2. The number of aromatic nitrogens is 4. The Bertz CT molecular complexity index is 1200. The molecule has 0 bridgehead atoms. The first kappa shape index (κ1) is 21.5. The van der Waals surface area contributed by atoms with Gasteiger partial charge in [-0.15, -0.1) is 0 Å². The maximum Gasteiger partial charge on any atom is 0.254 e. The molecule has 33 heavy (non-hydrogen) atoms. The summed E-state index contributed by atoms with van der Waals surface area (Å²) in [6.45, 7) is 7.42. The highest BCUT2D eigenvalue weighted by Crippen LogP contribution is 2.30. The van der Waals surface area contributed by atoms with E-state index in [0.717, 1.165) is 28.8 Å². The summed E-state index contributed by atoms with van der Waals surface area (Å²) in [5, 5.41) is 5.16. The molecule has 0 aliphatic carbocycles. The van der Waals surface area contributed by atoms with Crippen molar-refractivity contribution in [2.75, 3.05) is 39.4 Å². The Morgan fingerprint density at radius 3 is 2.61 bits per heavy atom. The van der Waals surface area contributed by atoms with E-state index in [2.05, 4.69) is 10.1 Å². The molecule has 3 aromatic rings. The molecule has 9 nitrogen and oxygen atoms in total. The van der Waals surface area contributed by atoms with Gasteiger partial charge in [-0.1, -0.05) is 18.2 Å². The van der Waals surface area contributed by atoms with E-state index in [9.17, 15) is 9.59 Å². The molecule has 5 rings (SSSR count). The van der Waals surface area contributed by atoms with Crippen molar-refractivity contribution >= 4 is 22.7 Å². The number of fused-ring (bicyclic) bond motifs is 1. The molecule has 4 heterocycles. The van der Waals surface area contributed by atoms with Crippen LogP contribution < -0.4 is 0 Å². The van der Waals surface area contributed by atoms with Crippen molar-refractivity contribution in [3.8, 4) is 0 Å². The van der Waals surface area contributed by atoms with Gasteiger partial charge in [-0.2, -0.15) is 5.10 Å². The van der Waals surface area contributed by atoms with E-state index >= 15 is 0 Å². The Morgan fingerprint density at radius 1 is 1.06 bits per heavy atom. The standard InChI is InChI=1S/C24H28N6O3/c1-16-25-17(2)30(27-16)15-23(31)29-8-7-18(14-29)22-13-20(19-5-3-4-6-21(19)26-22)24(32)28-9-11-33-12-10-28/h3-6,13,18H,7-12,14-15H2,1-2H3/t18-/m0/s1. The molecule has 0 N–H and O–H groups in total. The molecule has 0 saturated carbocycles. The minimum absolute atomic E-state index is 0.0149. The van der Waals surface area contributed by atoms with Gasteiger partial charge >= 0.3 is 0 Å². The smallest absolute Gasteiger partial charge is 0.254 e. The van der Waals surface area contributed by atoms with Crippen LogP contribution in [0.3, 0.4) is 0 Å². The molecule has 1 atom stereocenters. The summed E-state index contributed by atoms with van der Waals surface area (Å²) >= 11 is 0. The van der Waals surface area contributed by atoms with Crippen LogP contribution in [0, 0.1) is 13.8 Å². The van der Waals surface area contributed by atoms with Crippen molar-refractivity contribution in [2.45, 2.75) is 32.7 Å². The van der Waals surface area contributed by atoms with E-state index in [1.165, 1.54) is 0 Å². The molecule has 2 aromatic heterocycles. The number of aryl methyl sites for hydroxylation is 2. The summed E-state index contributed by atoms with van der Waals surface area (Å²) in [7, 11) is 0. The van der Waals surface area contributed by atoms with Gasteiger partial charge in [0.15, 0.2) is 0 Å². The molecule has 2 aliphatic rings. The number of carbonyl (C=O) groups excluding carboxylic acids is 2. The molecule has 172 valence electrons. The van der Waals surface area contributed by atoms with Crippen LogP contribution in [0.4, 0.5) is 0 Å². The van der Waals surface area contributed by atoms with Crippen LogP contribution in [0.15, 0.2) is 30.3 Å². The summed E-state index contributed by atoms with van der Waals surface area (Å²) in [6.07, 6.45) is 0.817. The average Bonchev–Trinajstić information content (AvgIpc) is 3.45. The van der Waals surface area contributed by atoms with Crippen molar-refractivity contribution in [1.29, 1.82) is 0 Å². The van der Waals surface area contributed by atoms with Gasteiger partial charge < -0.3 is 14.5 Å². The molecular weight excluding hydrogens is 420 g/mol. The van der Waals surface area contributed by atoms with Gasteiger partial charge in [-0.3, -0.25) is 14.6 Å². The fourth-order valence-corrected chi connectivity index (χ4v) is 4.69. The Labute approximate surface area is 192 Å². The Morgan fingerprint density at radius 2 is 1.85 bits per heavy atom. The van der Waals surface area contributed by atoms with Crippen LogP contribution in [0.2, 0.25) is 0 Å². The van der Waals surface area contributed by atoms with Crippen LogP contribution >= 0.6 is 0 Å². The number of para-hydroxylation sites is 1. The van der Waals surface area contributed by atoms with Crippen LogP contribution in [0.25, 0.3) is 10.9 Å². The second-order valence-corrected chi connectivity index (χ2v) is 8.71. The van der Waals surface area contributed by atoms with E-state index in [0.29, 0.717) is 50.8 Å². The maximum absolute atomic E-state index is 13.4. The number of hydrogen-bond acceptors (Lipinski definition) is 6. The fraction of sp³-hybridized carbons (Fsp3) is 0.458. The topological polar surface area (TPSA) is 93.5 Å². The number of carbonyl (C=O) groups is 2. The lowest BCUT2D eigenvalue weighted by molar-refractivity contribution is -0.131. The quantitative estimate of drug-likeness (QED) is 0.606. The lowest BCUT2D eigenvalue weighted by atomic mass is 9.99. The Balaban J connectivity index is 1.38. The largest absolute Gasteiger partial charge is 0.378 e. The van der Waals surface area contributed by atoms with Crippen molar-refractivity contribution in [3.05, 3.63) is 53.2 Å². The molecule has 2 aliphatic heterocycles. The summed E-state index contributed by atoms with van der Waals surface area (Å²) < 4.78 is 7.06. The summed E-state index contributed by atoms with van der Waals surface area (Å²) in [6, 6.07) is 9.71. The molecule has 1 aromatic carbocycles. The average molecular weight is 449 g/mol. The molecule has 9 heteroatoms. The molecule has 2 amide bonds. The molecule has 0 radical (unpaired) electrons. The predicted molar refractivity (Wildman–Crippen MR) is 122 cm³/mol. The van der Waals surface area contributed by atoms with E-state index in [1.807, 2.05) is 54.0 Å². The number of likely N-dealkylation sites (tertiary alicyclic amines) is 1. The third kappa shape index (κ3) is 4.32. The number of rotatable bonds is 4. The fourth-order valence-electron chi connectivity index (χ4n) is 4.69. The van der Waals surface area contributed by atoms with Crippen molar-refractivity contribution in [1.82, 2.24) is 29.5 Å². The number of ether oxygens (including phenoxy) is 1. The second-order valence-electron chi connectivity index (χ2n) is 8.71. The van der Waals surface area contributed by atoms with Gasteiger partial charge in [0.25, 0.3) is 5.91 Å². The highest BCUT2D eigenvalue weighted by Gasteiger charge is 2.30. The lowest BCUT2D eigenvalue weighted by Crippen LogP contribution is -2.40. The highest BCUT2D eigenvalue weighted by molar-refractivity contribution is 6.06. The molecule has 2 saturated heterocycles. The summed E-state index contributed by atoms with van der Waals surface area (Å²) in [5.41, 5.74) is 2.36. The monoisotopic (exact) mass is 448 g/mol. The molecule has 0 unspecified atom stereocenters. The van der Waals surface area contributed by atoms with Crippen LogP contribution in [-0.4, -0.2) is 80.8 Å². The van der Waals surface area contributed by atoms with Crippen molar-refractivity contribution in [3.63, 3.8) is 0 Å². The van der Waals surface area contributed by atoms with Crippen LogP contribution in [-0.2, 0) is 16.1 Å². The van der Waals surface area contributed by atoms with Crippen LogP contribution in [0.1, 0.15) is 40.0 Å². The number of nitrogens with zero attached hydrogens (tertiary/aromatic N) is 6. The third-order valence-corrected chi connectivity index (χ3v) is 6.47. The van der Waals surface area contributed by atoms with E-state index in [4.69, 9.17) is 9.72 Å². The number of benzene rings is 1. The minimum atomic E-state index is 0.0149. The van der Waals surface area contributed by atoms with Gasteiger partial charge in [-0.05, 0) is 32.4 Å². The first-order valence-electron chi connectivity index (χ1n) is 11.4. The third-order valence-electron chi connectivity index (χ3n) is 6.47. The van der Waals surface area contributed by atoms with Crippen LogP contribution in [0.5, 0.6) is 0 Å². The zero-order valence-electron chi connectivity index (χ0n) is 19.0. The summed E-state index contributed by atoms with van der Waals surface area (Å²) in [4.78, 5) is 39.1. The van der Waals surface area contributed by atoms with Gasteiger partial charge in [0.1, 0.15) is 18.2 Å². The number of morpholine rings is 1. The molecule has 2 fully saturated rings. The van der Waals surface area contributed by atoms with Gasteiger partial charge in [0.05, 0.1) is 24.3 Å². The number of pyridine rings is 1. The zero-order valence-corrected chi connectivity index (χ0v) is 19.0. The molecular formula is C24H28N6O3. The van der Waals surface area contributed by atoms with Gasteiger partial charge in [0, 0.05) is 43.2 Å². The lowest BCUT2D eigenvalue weighted by Gasteiger charge is -2.27. The van der Waals surface area contributed by atoms with E-state index in [1.54, 1.807) is 4.68 Å². The summed E-state index contributed by atoms with van der Waals surface area (Å²) in [5.74, 6) is 1.53. The van der Waals surface area contributed by atoms with E-state index < -0.39 is 0 Å². The zero-order chi connectivity index (χ0) is 22.9. The van der Waals surface area contributed by atoms with Crippen molar-refractivity contribution < 1.29 is 14.3 Å². The Kier molecular flexibility index (Phi) is 5.80. The predicted octanol–water partition coefficient (Wildman–Crippen LogP) is 1.93. The molecule has 0 spiro atoms. The normalized spacial score (nSPS) is 18.8. The highest BCUT2D eigenvalue weighted by atomic mass is 16.5. The second kappa shape index (κ2) is 8.90. The number of hydrogen-bond donors (Lipinski definition) is 0. The SMILES string of the molecule is Cc1nc(C)n(CC(=O)N2CC[C@H](c3cc(C(=O)N4CCOCC4)c4ccccc4n3)C2)n1. The van der Waals surface area contributed by atoms with E-state index in [-0.39, 0.29) is 24.3 Å².